The number of carbonyl (C=O) groups is 2. The van der Waals surface area contributed by atoms with Gasteiger partial charge in [-0.15, -0.1) is 0 Å². The molecule has 1 N–H and O–H groups in total. The lowest BCUT2D eigenvalue weighted by molar-refractivity contribution is -0.140. The van der Waals surface area contributed by atoms with E-state index in [2.05, 4.69) is 39.6 Å². The van der Waals surface area contributed by atoms with Gasteiger partial charge in [0.25, 0.3) is 5.91 Å². The third-order valence-corrected chi connectivity index (χ3v) is 9.16. The molecule has 8 heteroatoms. The van der Waals surface area contributed by atoms with Crippen LogP contribution in [0.5, 0.6) is 0 Å². The number of benzene rings is 2. The summed E-state index contributed by atoms with van der Waals surface area (Å²) >= 11 is 1.28. The summed E-state index contributed by atoms with van der Waals surface area (Å²) in [6.07, 6.45) is 6.89. The first kappa shape index (κ1) is 26.4. The normalized spacial score (nSPS) is 20.0. The van der Waals surface area contributed by atoms with Gasteiger partial charge < -0.3 is 14.2 Å². The number of nitrogens with one attached hydrogen (secondary N) is 1. The highest BCUT2D eigenvalue weighted by Crippen LogP contribution is 2.46. The van der Waals surface area contributed by atoms with Crippen LogP contribution in [-0.2, 0) is 22.5 Å². The van der Waals surface area contributed by atoms with Crippen LogP contribution in [0.2, 0.25) is 0 Å². The van der Waals surface area contributed by atoms with Crippen LogP contribution >= 0.6 is 12.1 Å². The zero-order chi connectivity index (χ0) is 26.9. The minimum absolute atomic E-state index is 0.111. The summed E-state index contributed by atoms with van der Waals surface area (Å²) in [4.78, 5) is 28.9. The van der Waals surface area contributed by atoms with E-state index < -0.39 is 0 Å². The SMILES string of the molecule is CN(C)SNC(=O)c1ccc2c(C3CCCCC3)c3n(c2c1)CC(C(=O)N1CCOCC1)Cc1ccccc1-3. The highest BCUT2D eigenvalue weighted by molar-refractivity contribution is 7.95. The van der Waals surface area contributed by atoms with Crippen molar-refractivity contribution in [1.29, 1.82) is 0 Å². The van der Waals surface area contributed by atoms with Crippen LogP contribution in [-0.4, -0.2) is 66.0 Å². The average Bonchev–Trinajstić information content (AvgIpc) is 3.18. The first-order valence-corrected chi connectivity index (χ1v) is 15.0. The molecule has 0 bridgehead atoms. The molecule has 3 heterocycles. The number of rotatable bonds is 5. The summed E-state index contributed by atoms with van der Waals surface area (Å²) in [6, 6.07) is 14.8. The van der Waals surface area contributed by atoms with Crippen molar-refractivity contribution < 1.29 is 14.3 Å². The van der Waals surface area contributed by atoms with Crippen molar-refractivity contribution in [3.8, 4) is 11.3 Å². The number of hydrogen-bond donors (Lipinski definition) is 1. The maximum atomic E-state index is 13.9. The van der Waals surface area contributed by atoms with Crippen LogP contribution in [0.1, 0.15) is 59.5 Å². The Kier molecular flexibility index (Phi) is 7.69. The number of fused-ring (bicyclic) bond motifs is 5. The Balaban J connectivity index is 1.51. The lowest BCUT2D eigenvalue weighted by atomic mass is 9.81. The molecule has 39 heavy (non-hydrogen) atoms. The third kappa shape index (κ3) is 5.22. The van der Waals surface area contributed by atoms with E-state index in [0.29, 0.717) is 44.3 Å². The van der Waals surface area contributed by atoms with E-state index in [1.54, 1.807) is 0 Å². The molecular formula is C31H38N4O3S. The Hall–Kier alpha value is -2.81. The van der Waals surface area contributed by atoms with Gasteiger partial charge in [0.1, 0.15) is 0 Å². The fourth-order valence-corrected chi connectivity index (χ4v) is 7.06. The standard InChI is InChI=1S/C31H38N4O3S/c1-33(2)39-32-30(36)23-12-13-26-27(19-23)35-20-24(31(37)34-14-16-38-17-15-34)18-22-10-6-7-11-25(22)29(35)28(26)21-8-4-3-5-9-21/h6-7,10-13,19,21,24H,3-5,8-9,14-18,20H2,1-2H3,(H,32,36). The Morgan fingerprint density at radius 3 is 2.56 bits per heavy atom. The minimum Gasteiger partial charge on any atom is -0.378 e. The molecule has 2 aromatic carbocycles. The van der Waals surface area contributed by atoms with Crippen molar-refractivity contribution >= 4 is 34.9 Å². The van der Waals surface area contributed by atoms with Gasteiger partial charge >= 0.3 is 0 Å². The summed E-state index contributed by atoms with van der Waals surface area (Å²) in [5.41, 5.74) is 6.84. The summed E-state index contributed by atoms with van der Waals surface area (Å²) in [5, 5.41) is 1.22. The maximum Gasteiger partial charge on any atom is 0.262 e. The number of morpholine rings is 1. The molecule has 2 aliphatic heterocycles. The van der Waals surface area contributed by atoms with Crippen molar-refractivity contribution in [3.63, 3.8) is 0 Å². The third-order valence-electron chi connectivity index (χ3n) is 8.51. The molecule has 1 atom stereocenters. The van der Waals surface area contributed by atoms with Gasteiger partial charge in [0.05, 0.1) is 24.8 Å². The number of aromatic nitrogens is 1. The highest BCUT2D eigenvalue weighted by atomic mass is 32.2. The van der Waals surface area contributed by atoms with E-state index in [1.165, 1.54) is 72.0 Å². The molecule has 2 amide bonds. The van der Waals surface area contributed by atoms with Crippen molar-refractivity contribution in [2.24, 2.45) is 5.92 Å². The molecule has 206 valence electrons. The van der Waals surface area contributed by atoms with Gasteiger partial charge in [-0.05, 0) is 62.5 Å². The Morgan fingerprint density at radius 2 is 1.79 bits per heavy atom. The quantitative estimate of drug-likeness (QED) is 0.444. The molecule has 1 saturated heterocycles. The van der Waals surface area contributed by atoms with Crippen LogP contribution in [0.4, 0.5) is 0 Å². The van der Waals surface area contributed by atoms with Gasteiger partial charge in [0, 0.05) is 53.8 Å². The fourth-order valence-electron chi connectivity index (χ4n) is 6.68. The van der Waals surface area contributed by atoms with Gasteiger partial charge in [0.2, 0.25) is 5.91 Å². The highest BCUT2D eigenvalue weighted by Gasteiger charge is 2.34. The molecule has 3 aliphatic rings. The van der Waals surface area contributed by atoms with E-state index in [4.69, 9.17) is 4.74 Å². The molecule has 1 unspecified atom stereocenters. The van der Waals surface area contributed by atoms with Crippen molar-refractivity contribution in [2.75, 3.05) is 40.4 Å². The van der Waals surface area contributed by atoms with E-state index in [-0.39, 0.29) is 17.7 Å². The number of amides is 2. The van der Waals surface area contributed by atoms with Crippen molar-refractivity contribution in [2.45, 2.75) is 51.0 Å². The Bertz CT molecular complexity index is 1370. The monoisotopic (exact) mass is 546 g/mol. The van der Waals surface area contributed by atoms with Crippen LogP contribution in [0.25, 0.3) is 22.2 Å². The van der Waals surface area contributed by atoms with Crippen LogP contribution in [0, 0.1) is 5.92 Å². The van der Waals surface area contributed by atoms with Gasteiger partial charge in [-0.25, -0.2) is 4.31 Å². The van der Waals surface area contributed by atoms with Crippen LogP contribution in [0.15, 0.2) is 42.5 Å². The molecular weight excluding hydrogens is 508 g/mol. The molecule has 0 spiro atoms. The average molecular weight is 547 g/mol. The first-order chi connectivity index (χ1) is 19.0. The van der Waals surface area contributed by atoms with Gasteiger partial charge in [-0.1, -0.05) is 49.6 Å². The molecule has 1 aliphatic carbocycles. The van der Waals surface area contributed by atoms with E-state index in [0.717, 1.165) is 11.9 Å². The zero-order valence-corrected chi connectivity index (χ0v) is 23.8. The second kappa shape index (κ2) is 11.4. The predicted octanol–water partition coefficient (Wildman–Crippen LogP) is 5.24. The van der Waals surface area contributed by atoms with Gasteiger partial charge in [0.15, 0.2) is 0 Å². The van der Waals surface area contributed by atoms with E-state index in [1.807, 2.05) is 35.4 Å². The topological polar surface area (TPSA) is 66.8 Å². The Labute approximate surface area is 235 Å². The van der Waals surface area contributed by atoms with Crippen LogP contribution in [0.3, 0.4) is 0 Å². The molecule has 2 fully saturated rings. The maximum absolute atomic E-state index is 13.9. The number of nitrogens with zero attached hydrogens (tertiary/aromatic N) is 3. The second-order valence-electron chi connectivity index (χ2n) is 11.3. The number of ether oxygens (including phenoxy) is 1. The van der Waals surface area contributed by atoms with Crippen molar-refractivity contribution in [1.82, 2.24) is 18.5 Å². The molecule has 6 rings (SSSR count). The molecule has 7 nitrogen and oxygen atoms in total. The Morgan fingerprint density at radius 1 is 1.03 bits per heavy atom. The van der Waals surface area contributed by atoms with Crippen LogP contribution < -0.4 is 4.72 Å². The number of carbonyl (C=O) groups excluding carboxylic acids is 2. The lowest BCUT2D eigenvalue weighted by Crippen LogP contribution is -2.45. The largest absolute Gasteiger partial charge is 0.378 e. The molecule has 1 aromatic heterocycles. The number of hydrogen-bond acceptors (Lipinski definition) is 5. The van der Waals surface area contributed by atoms with Gasteiger partial charge in [-0.2, -0.15) is 0 Å². The molecule has 0 radical (unpaired) electrons. The second-order valence-corrected chi connectivity index (χ2v) is 12.4. The zero-order valence-electron chi connectivity index (χ0n) is 22.9. The smallest absolute Gasteiger partial charge is 0.262 e. The summed E-state index contributed by atoms with van der Waals surface area (Å²) in [5.74, 6) is 0.418. The summed E-state index contributed by atoms with van der Waals surface area (Å²) in [7, 11) is 3.81. The van der Waals surface area contributed by atoms with Gasteiger partial charge in [-0.3, -0.25) is 14.3 Å². The molecule has 3 aromatic rings. The van der Waals surface area contributed by atoms with E-state index >= 15 is 0 Å². The predicted molar refractivity (Wildman–Crippen MR) is 157 cm³/mol. The fraction of sp³-hybridized carbons (Fsp3) is 0.484. The first-order valence-electron chi connectivity index (χ1n) is 14.3. The van der Waals surface area contributed by atoms with Crippen molar-refractivity contribution in [3.05, 3.63) is 59.2 Å². The summed E-state index contributed by atoms with van der Waals surface area (Å²) < 4.78 is 12.7. The summed E-state index contributed by atoms with van der Waals surface area (Å²) in [6.45, 7) is 3.11. The lowest BCUT2D eigenvalue weighted by Gasteiger charge is -2.30. The molecule has 1 saturated carbocycles. The van der Waals surface area contributed by atoms with E-state index in [9.17, 15) is 9.59 Å². The minimum atomic E-state index is -0.165.